The molecule has 0 aromatic heterocycles. The molecule has 1 saturated carbocycles. The van der Waals surface area contributed by atoms with Crippen molar-refractivity contribution in [3.05, 3.63) is 0 Å². The number of nitrogens with zero attached hydrogens (tertiary/aromatic N) is 1. The first-order chi connectivity index (χ1) is 8.81. The van der Waals surface area contributed by atoms with E-state index >= 15 is 0 Å². The lowest BCUT2D eigenvalue weighted by Gasteiger charge is -2.32. The molecule has 6 heteroatoms. The van der Waals surface area contributed by atoms with Crippen LogP contribution in [0.1, 0.15) is 44.9 Å². The van der Waals surface area contributed by atoms with Crippen LogP contribution in [0.5, 0.6) is 0 Å². The van der Waals surface area contributed by atoms with Gasteiger partial charge < -0.3 is 5.73 Å². The van der Waals surface area contributed by atoms with E-state index in [2.05, 4.69) is 0 Å². The second-order valence-corrected chi connectivity index (χ2v) is 8.10. The number of nitrogens with two attached hydrogens (primary N) is 1. The molecular weight excluding hydrogens is 264 g/mol. The molecule has 110 valence electrons. The summed E-state index contributed by atoms with van der Waals surface area (Å²) in [4.78, 5) is 12.3. The summed E-state index contributed by atoms with van der Waals surface area (Å²) in [6.45, 7) is 1.05. The second-order valence-electron chi connectivity index (χ2n) is 6.12. The molecule has 1 unspecified atom stereocenters. The largest absolute Gasteiger partial charge is 0.319 e. The molecule has 0 bridgehead atoms. The summed E-state index contributed by atoms with van der Waals surface area (Å²) in [7, 11) is -3.14. The highest BCUT2D eigenvalue weighted by Gasteiger charge is 2.38. The third kappa shape index (κ3) is 3.55. The Balaban J connectivity index is 1.94. The zero-order valence-electron chi connectivity index (χ0n) is 11.6. The molecule has 2 fully saturated rings. The van der Waals surface area contributed by atoms with Crippen LogP contribution in [-0.2, 0) is 14.8 Å². The SMILES string of the molecule is CS(=O)(=O)N1CCCC(CC(=O)C2(N)CCCC2)C1. The fourth-order valence-electron chi connectivity index (χ4n) is 3.24. The van der Waals surface area contributed by atoms with Gasteiger partial charge in [0.1, 0.15) is 0 Å². The van der Waals surface area contributed by atoms with Crippen molar-refractivity contribution in [1.29, 1.82) is 0 Å². The quantitative estimate of drug-likeness (QED) is 0.833. The van der Waals surface area contributed by atoms with Gasteiger partial charge in [-0.2, -0.15) is 0 Å². The molecule has 0 spiro atoms. The topological polar surface area (TPSA) is 80.5 Å². The Morgan fingerprint density at radius 2 is 1.95 bits per heavy atom. The van der Waals surface area contributed by atoms with Crippen molar-refractivity contribution >= 4 is 15.8 Å². The molecule has 0 aromatic carbocycles. The minimum Gasteiger partial charge on any atom is -0.319 e. The molecular formula is C13H24N2O3S. The highest BCUT2D eigenvalue weighted by atomic mass is 32.2. The summed E-state index contributed by atoms with van der Waals surface area (Å²) in [6.07, 6.45) is 7.06. The zero-order chi connectivity index (χ0) is 14.1. The standard InChI is InChI=1S/C13H24N2O3S/c1-19(17,18)15-8-4-5-11(10-15)9-12(16)13(14)6-2-3-7-13/h11H,2-10,14H2,1H3. The normalized spacial score (nSPS) is 28.4. The third-order valence-corrected chi connectivity index (χ3v) is 5.75. The van der Waals surface area contributed by atoms with Crippen LogP contribution >= 0.6 is 0 Å². The molecule has 2 rings (SSSR count). The lowest BCUT2D eigenvalue weighted by molar-refractivity contribution is -0.125. The molecule has 2 N–H and O–H groups in total. The van der Waals surface area contributed by atoms with Crippen molar-refractivity contribution in [1.82, 2.24) is 4.31 Å². The fourth-order valence-corrected chi connectivity index (χ4v) is 4.19. The maximum absolute atomic E-state index is 12.3. The van der Waals surface area contributed by atoms with Gasteiger partial charge in [0.05, 0.1) is 11.8 Å². The molecule has 1 aliphatic heterocycles. The van der Waals surface area contributed by atoms with Crippen LogP contribution in [0.25, 0.3) is 0 Å². The predicted molar refractivity (Wildman–Crippen MR) is 74.2 cm³/mol. The molecule has 1 atom stereocenters. The van der Waals surface area contributed by atoms with Gasteiger partial charge in [0.15, 0.2) is 5.78 Å². The number of sulfonamides is 1. The molecule has 1 saturated heterocycles. The minimum atomic E-state index is -3.14. The predicted octanol–water partition coefficient (Wildman–Crippen LogP) is 0.889. The Morgan fingerprint density at radius 1 is 1.32 bits per heavy atom. The average Bonchev–Trinajstić information content (AvgIpc) is 2.77. The van der Waals surface area contributed by atoms with E-state index in [-0.39, 0.29) is 11.7 Å². The van der Waals surface area contributed by atoms with Crippen LogP contribution in [0.3, 0.4) is 0 Å². The van der Waals surface area contributed by atoms with Gasteiger partial charge in [0, 0.05) is 19.5 Å². The van der Waals surface area contributed by atoms with Gasteiger partial charge in [-0.3, -0.25) is 4.79 Å². The van der Waals surface area contributed by atoms with Crippen molar-refractivity contribution in [3.8, 4) is 0 Å². The van der Waals surface area contributed by atoms with Crippen molar-refractivity contribution in [2.75, 3.05) is 19.3 Å². The summed E-state index contributed by atoms with van der Waals surface area (Å²) < 4.78 is 24.6. The molecule has 2 aliphatic rings. The van der Waals surface area contributed by atoms with E-state index in [4.69, 9.17) is 5.73 Å². The van der Waals surface area contributed by atoms with Crippen LogP contribution in [0, 0.1) is 5.92 Å². The molecule has 0 aromatic rings. The summed E-state index contributed by atoms with van der Waals surface area (Å²) in [6, 6.07) is 0. The highest BCUT2D eigenvalue weighted by molar-refractivity contribution is 7.88. The van der Waals surface area contributed by atoms with E-state index in [0.29, 0.717) is 19.5 Å². The van der Waals surface area contributed by atoms with Crippen molar-refractivity contribution in [2.24, 2.45) is 11.7 Å². The molecule has 0 amide bonds. The van der Waals surface area contributed by atoms with Crippen LogP contribution in [0.4, 0.5) is 0 Å². The number of carbonyl (C=O) groups is 1. The number of carbonyl (C=O) groups excluding carboxylic acids is 1. The van der Waals surface area contributed by atoms with E-state index in [1.54, 1.807) is 0 Å². The maximum atomic E-state index is 12.3. The van der Waals surface area contributed by atoms with Crippen LogP contribution < -0.4 is 5.73 Å². The molecule has 19 heavy (non-hydrogen) atoms. The lowest BCUT2D eigenvalue weighted by atomic mass is 9.84. The summed E-state index contributed by atoms with van der Waals surface area (Å²) >= 11 is 0. The first kappa shape index (κ1) is 14.9. The molecule has 1 aliphatic carbocycles. The Bertz CT molecular complexity index is 441. The van der Waals surface area contributed by atoms with Gasteiger partial charge in [-0.1, -0.05) is 12.8 Å². The van der Waals surface area contributed by atoms with Gasteiger partial charge in [0.25, 0.3) is 0 Å². The number of hydrogen-bond donors (Lipinski definition) is 1. The van der Waals surface area contributed by atoms with E-state index in [1.165, 1.54) is 10.6 Å². The van der Waals surface area contributed by atoms with Crippen molar-refractivity contribution in [2.45, 2.75) is 50.5 Å². The van der Waals surface area contributed by atoms with E-state index in [0.717, 1.165) is 38.5 Å². The first-order valence-electron chi connectivity index (χ1n) is 7.08. The monoisotopic (exact) mass is 288 g/mol. The molecule has 1 heterocycles. The van der Waals surface area contributed by atoms with Gasteiger partial charge in [0.2, 0.25) is 10.0 Å². The van der Waals surface area contributed by atoms with Crippen LogP contribution in [0.15, 0.2) is 0 Å². The molecule has 0 radical (unpaired) electrons. The van der Waals surface area contributed by atoms with Gasteiger partial charge >= 0.3 is 0 Å². The van der Waals surface area contributed by atoms with E-state index in [1.807, 2.05) is 0 Å². The zero-order valence-corrected chi connectivity index (χ0v) is 12.4. The van der Waals surface area contributed by atoms with E-state index in [9.17, 15) is 13.2 Å². The van der Waals surface area contributed by atoms with Crippen molar-refractivity contribution in [3.63, 3.8) is 0 Å². The van der Waals surface area contributed by atoms with Gasteiger partial charge in [-0.15, -0.1) is 0 Å². The Kier molecular flexibility index (Phi) is 4.32. The second kappa shape index (κ2) is 5.50. The number of ketones is 1. The average molecular weight is 288 g/mol. The number of hydrogen-bond acceptors (Lipinski definition) is 4. The number of Topliss-reactive ketones (excluding diaryl/α,β-unsaturated/α-hetero) is 1. The Hall–Kier alpha value is -0.460. The smallest absolute Gasteiger partial charge is 0.211 e. The summed E-state index contributed by atoms with van der Waals surface area (Å²) in [5, 5.41) is 0. The molecule has 5 nitrogen and oxygen atoms in total. The highest BCUT2D eigenvalue weighted by Crippen LogP contribution is 2.31. The lowest BCUT2D eigenvalue weighted by Crippen LogP contribution is -2.47. The van der Waals surface area contributed by atoms with Crippen LogP contribution in [0.2, 0.25) is 0 Å². The van der Waals surface area contributed by atoms with Crippen molar-refractivity contribution < 1.29 is 13.2 Å². The summed E-state index contributed by atoms with van der Waals surface area (Å²) in [5.74, 6) is 0.266. The van der Waals surface area contributed by atoms with Crippen LogP contribution in [-0.4, -0.2) is 43.4 Å². The first-order valence-corrected chi connectivity index (χ1v) is 8.93. The number of rotatable bonds is 4. The Labute approximate surface area is 115 Å². The Morgan fingerprint density at radius 3 is 2.53 bits per heavy atom. The van der Waals surface area contributed by atoms with E-state index < -0.39 is 15.6 Å². The minimum absolute atomic E-state index is 0.130. The maximum Gasteiger partial charge on any atom is 0.211 e. The fraction of sp³-hybridized carbons (Fsp3) is 0.923. The third-order valence-electron chi connectivity index (χ3n) is 4.48. The van der Waals surface area contributed by atoms with Gasteiger partial charge in [-0.25, -0.2) is 12.7 Å². The summed E-state index contributed by atoms with van der Waals surface area (Å²) in [5.41, 5.74) is 5.53. The number of piperidine rings is 1. The van der Waals surface area contributed by atoms with Gasteiger partial charge in [-0.05, 0) is 31.6 Å².